The van der Waals surface area contributed by atoms with Crippen molar-refractivity contribution in [1.82, 2.24) is 4.90 Å². The van der Waals surface area contributed by atoms with Crippen LogP contribution in [0.25, 0.3) is 0 Å². The van der Waals surface area contributed by atoms with Gasteiger partial charge in [-0.1, -0.05) is 12.1 Å². The summed E-state index contributed by atoms with van der Waals surface area (Å²) in [6, 6.07) is 5.80. The Morgan fingerprint density at radius 1 is 1.43 bits per heavy atom. The van der Waals surface area contributed by atoms with E-state index in [9.17, 15) is 14.0 Å². The molecule has 0 bridgehead atoms. The molecule has 1 heterocycles. The van der Waals surface area contributed by atoms with E-state index >= 15 is 0 Å². The van der Waals surface area contributed by atoms with Crippen LogP contribution < -0.4 is 11.1 Å². The number of nitrogens with zero attached hydrogens (tertiary/aromatic N) is 1. The van der Waals surface area contributed by atoms with Gasteiger partial charge in [-0.25, -0.2) is 4.39 Å². The lowest BCUT2D eigenvalue weighted by Gasteiger charge is -2.30. The molecule has 1 aliphatic heterocycles. The molecular weight excluding hydrogens is 273 g/mol. The van der Waals surface area contributed by atoms with Gasteiger partial charge in [0.25, 0.3) is 0 Å². The summed E-state index contributed by atoms with van der Waals surface area (Å²) in [6.45, 7) is 1.13. The quantitative estimate of drug-likeness (QED) is 0.862. The second-order valence-electron chi connectivity index (χ2n) is 5.63. The number of carbonyl (C=O) groups is 2. The Balaban J connectivity index is 1.76. The van der Waals surface area contributed by atoms with Crippen molar-refractivity contribution in [3.8, 4) is 0 Å². The number of fused-ring (bicyclic) bond motifs is 1. The Kier molecular flexibility index (Phi) is 3.53. The third-order valence-electron chi connectivity index (χ3n) is 4.07. The number of amides is 2. The molecule has 2 atom stereocenters. The Morgan fingerprint density at radius 2 is 2.19 bits per heavy atom. The lowest BCUT2D eigenvalue weighted by atomic mass is 9.97. The Bertz CT molecular complexity index is 590. The minimum absolute atomic E-state index is 0.0551. The number of hydrogen-bond acceptors (Lipinski definition) is 3. The molecule has 6 heteroatoms. The number of halogens is 1. The van der Waals surface area contributed by atoms with Crippen LogP contribution in [0, 0.1) is 5.92 Å². The second kappa shape index (κ2) is 5.35. The van der Waals surface area contributed by atoms with Crippen LogP contribution in [0.5, 0.6) is 0 Å². The zero-order valence-corrected chi connectivity index (χ0v) is 11.6. The van der Waals surface area contributed by atoms with Crippen molar-refractivity contribution in [2.75, 3.05) is 18.4 Å². The van der Waals surface area contributed by atoms with E-state index < -0.39 is 18.0 Å². The lowest BCUT2D eigenvalue weighted by Crippen LogP contribution is -2.37. The molecule has 1 aromatic rings. The highest BCUT2D eigenvalue weighted by atomic mass is 19.1. The monoisotopic (exact) mass is 291 g/mol. The number of alkyl halides is 1. The molecule has 2 amide bonds. The third kappa shape index (κ3) is 2.84. The minimum Gasteiger partial charge on any atom is -0.376 e. The normalized spacial score (nSPS) is 23.4. The van der Waals surface area contributed by atoms with E-state index in [2.05, 4.69) is 5.32 Å². The number of benzene rings is 1. The lowest BCUT2D eigenvalue weighted by molar-refractivity contribution is -0.133. The van der Waals surface area contributed by atoms with E-state index in [0.29, 0.717) is 19.5 Å². The predicted octanol–water partition coefficient (Wildman–Crippen LogP) is 0.826. The van der Waals surface area contributed by atoms with Crippen LogP contribution in [-0.2, 0) is 22.6 Å². The van der Waals surface area contributed by atoms with Crippen molar-refractivity contribution in [3.05, 3.63) is 29.3 Å². The maximum absolute atomic E-state index is 13.1. The van der Waals surface area contributed by atoms with Gasteiger partial charge in [-0.15, -0.1) is 0 Å². The summed E-state index contributed by atoms with van der Waals surface area (Å²) < 4.78 is 13.1. The smallest absolute Gasteiger partial charge is 0.236 e. The molecule has 2 unspecified atom stereocenters. The van der Waals surface area contributed by atoms with Crippen molar-refractivity contribution >= 4 is 17.5 Å². The molecule has 1 saturated carbocycles. The van der Waals surface area contributed by atoms with E-state index in [1.54, 1.807) is 4.90 Å². The average molecular weight is 291 g/mol. The molecule has 1 aromatic carbocycles. The van der Waals surface area contributed by atoms with Crippen LogP contribution in [0.15, 0.2) is 18.2 Å². The molecule has 5 nitrogen and oxygen atoms in total. The van der Waals surface area contributed by atoms with Crippen LogP contribution in [0.3, 0.4) is 0 Å². The van der Waals surface area contributed by atoms with Gasteiger partial charge >= 0.3 is 0 Å². The average Bonchev–Trinajstić information content (AvgIpc) is 3.20. The molecule has 21 heavy (non-hydrogen) atoms. The van der Waals surface area contributed by atoms with Gasteiger partial charge in [0.1, 0.15) is 6.17 Å². The summed E-state index contributed by atoms with van der Waals surface area (Å²) in [5.41, 5.74) is 8.11. The van der Waals surface area contributed by atoms with Gasteiger partial charge in [-0.3, -0.25) is 9.59 Å². The summed E-state index contributed by atoms with van der Waals surface area (Å²) in [5.74, 6) is -0.982. The maximum atomic E-state index is 13.1. The van der Waals surface area contributed by atoms with Gasteiger partial charge in [0.05, 0.1) is 12.5 Å². The molecule has 2 aliphatic rings. The largest absolute Gasteiger partial charge is 0.376 e. The van der Waals surface area contributed by atoms with Gasteiger partial charge in [0.2, 0.25) is 11.8 Å². The standard InChI is InChI=1S/C15H18FN3O2/c16-12-6-10(12)15(21)19-5-4-9-2-1-3-13(11(9)8-19)18-7-14(17)20/h1-3,10,12,18H,4-8H2,(H2,17,20). The van der Waals surface area contributed by atoms with E-state index in [1.165, 1.54) is 0 Å². The highest BCUT2D eigenvalue weighted by Crippen LogP contribution is 2.37. The fourth-order valence-corrected chi connectivity index (χ4v) is 2.77. The SMILES string of the molecule is NC(=O)CNc1cccc2c1CN(C(=O)C1CC1F)CC2. The maximum Gasteiger partial charge on any atom is 0.236 e. The Morgan fingerprint density at radius 3 is 2.86 bits per heavy atom. The number of nitrogens with two attached hydrogens (primary N) is 1. The van der Waals surface area contributed by atoms with Crippen molar-refractivity contribution in [2.45, 2.75) is 25.6 Å². The minimum atomic E-state index is -0.970. The summed E-state index contributed by atoms with van der Waals surface area (Å²) in [7, 11) is 0. The molecule has 0 radical (unpaired) electrons. The molecule has 1 fully saturated rings. The number of nitrogens with one attached hydrogen (secondary N) is 1. The molecule has 1 aliphatic carbocycles. The first-order chi connectivity index (χ1) is 10.1. The molecule has 3 N–H and O–H groups in total. The highest BCUT2D eigenvalue weighted by molar-refractivity contribution is 5.83. The fraction of sp³-hybridized carbons (Fsp3) is 0.467. The summed E-state index contributed by atoms with van der Waals surface area (Å²) >= 11 is 0. The summed E-state index contributed by atoms with van der Waals surface area (Å²) in [5, 5.41) is 3.00. The molecule has 112 valence electrons. The van der Waals surface area contributed by atoms with Gasteiger partial charge in [0, 0.05) is 18.8 Å². The van der Waals surface area contributed by atoms with Crippen molar-refractivity contribution in [2.24, 2.45) is 11.7 Å². The Hall–Kier alpha value is -2.11. The fourth-order valence-electron chi connectivity index (χ4n) is 2.77. The first-order valence-corrected chi connectivity index (χ1v) is 7.12. The van der Waals surface area contributed by atoms with Gasteiger partial charge in [-0.05, 0) is 30.0 Å². The molecule has 0 saturated heterocycles. The van der Waals surface area contributed by atoms with Crippen molar-refractivity contribution in [1.29, 1.82) is 0 Å². The first kappa shape index (κ1) is 13.9. The van der Waals surface area contributed by atoms with E-state index in [-0.39, 0.29) is 12.5 Å². The topological polar surface area (TPSA) is 75.4 Å². The second-order valence-corrected chi connectivity index (χ2v) is 5.63. The van der Waals surface area contributed by atoms with Crippen LogP contribution >= 0.6 is 0 Å². The number of carbonyl (C=O) groups excluding carboxylic acids is 2. The third-order valence-corrected chi connectivity index (χ3v) is 4.07. The van der Waals surface area contributed by atoms with Gasteiger partial charge in [0.15, 0.2) is 0 Å². The highest BCUT2D eigenvalue weighted by Gasteiger charge is 2.46. The van der Waals surface area contributed by atoms with Crippen molar-refractivity contribution < 1.29 is 14.0 Å². The molecular formula is C15H18FN3O2. The predicted molar refractivity (Wildman–Crippen MR) is 76.3 cm³/mol. The summed E-state index contributed by atoms with van der Waals surface area (Å²) in [4.78, 5) is 24.8. The number of primary amides is 1. The van der Waals surface area contributed by atoms with Crippen LogP contribution in [0.4, 0.5) is 10.1 Å². The van der Waals surface area contributed by atoms with E-state index in [1.807, 2.05) is 18.2 Å². The molecule has 3 rings (SSSR count). The van der Waals surface area contributed by atoms with Crippen LogP contribution in [-0.4, -0.2) is 36.0 Å². The zero-order chi connectivity index (χ0) is 15.0. The number of rotatable bonds is 4. The van der Waals surface area contributed by atoms with Gasteiger partial charge in [-0.2, -0.15) is 0 Å². The summed E-state index contributed by atoms with van der Waals surface area (Å²) in [6.07, 6.45) is 0.128. The van der Waals surface area contributed by atoms with Crippen LogP contribution in [0.1, 0.15) is 17.5 Å². The number of hydrogen-bond donors (Lipinski definition) is 2. The van der Waals surface area contributed by atoms with Gasteiger partial charge < -0.3 is 16.0 Å². The Labute approximate surface area is 122 Å². The van der Waals surface area contributed by atoms with E-state index in [4.69, 9.17) is 5.73 Å². The van der Waals surface area contributed by atoms with Crippen LogP contribution in [0.2, 0.25) is 0 Å². The number of anilines is 1. The zero-order valence-electron chi connectivity index (χ0n) is 11.6. The molecule has 0 aromatic heterocycles. The first-order valence-electron chi connectivity index (χ1n) is 7.12. The van der Waals surface area contributed by atoms with E-state index in [0.717, 1.165) is 23.2 Å². The molecule has 0 spiro atoms. The van der Waals surface area contributed by atoms with Crippen molar-refractivity contribution in [3.63, 3.8) is 0 Å².